The number of aromatic nitrogens is 1. The number of nitrogens with zero attached hydrogens (tertiary/aromatic N) is 2. The molecule has 3 atom stereocenters. The number of sulfone groups is 1. The highest BCUT2D eigenvalue weighted by atomic mass is 32.2. The van der Waals surface area contributed by atoms with E-state index in [0.717, 1.165) is 67.2 Å². The SMILES string of the molecule is CN(O)C(=S)SC1CCCC(c2nc(C3CCC=C(c4ccc(S(C)(=O)=O)cc4)C3)co2)C1. The van der Waals surface area contributed by atoms with Crippen LogP contribution in [-0.4, -0.2) is 46.5 Å². The highest BCUT2D eigenvalue weighted by Gasteiger charge is 2.30. The van der Waals surface area contributed by atoms with Crippen molar-refractivity contribution in [2.45, 2.75) is 66.9 Å². The lowest BCUT2D eigenvalue weighted by Crippen LogP contribution is -2.23. The van der Waals surface area contributed by atoms with Crippen LogP contribution < -0.4 is 0 Å². The summed E-state index contributed by atoms with van der Waals surface area (Å²) in [5, 5.41) is 10.9. The molecule has 0 spiro atoms. The molecule has 1 saturated carbocycles. The number of thioether (sulfide) groups is 1. The summed E-state index contributed by atoms with van der Waals surface area (Å²) in [5.74, 6) is 1.38. The van der Waals surface area contributed by atoms with Crippen molar-refractivity contribution in [3.8, 4) is 0 Å². The van der Waals surface area contributed by atoms with Gasteiger partial charge in [-0.1, -0.05) is 48.6 Å². The van der Waals surface area contributed by atoms with Crippen molar-refractivity contribution < 1.29 is 18.0 Å². The van der Waals surface area contributed by atoms with Crippen LogP contribution in [0.15, 0.2) is 45.9 Å². The molecule has 3 unspecified atom stereocenters. The van der Waals surface area contributed by atoms with Crippen molar-refractivity contribution in [3.63, 3.8) is 0 Å². The molecule has 9 heteroatoms. The van der Waals surface area contributed by atoms with E-state index in [2.05, 4.69) is 6.08 Å². The van der Waals surface area contributed by atoms with Gasteiger partial charge in [-0.15, -0.1) is 0 Å². The first-order valence-corrected chi connectivity index (χ1v) is 14.5. The van der Waals surface area contributed by atoms with Gasteiger partial charge in [-0.05, 0) is 61.8 Å². The molecule has 4 rings (SSSR count). The summed E-state index contributed by atoms with van der Waals surface area (Å²) < 4.78 is 29.9. The van der Waals surface area contributed by atoms with Crippen molar-refractivity contribution in [1.82, 2.24) is 10.0 Å². The molecule has 0 radical (unpaired) electrons. The van der Waals surface area contributed by atoms with Gasteiger partial charge in [0, 0.05) is 30.4 Å². The molecule has 1 heterocycles. The van der Waals surface area contributed by atoms with E-state index in [1.54, 1.807) is 30.9 Å². The Kier molecular flexibility index (Phi) is 7.63. The van der Waals surface area contributed by atoms with Crippen molar-refractivity contribution in [2.24, 2.45) is 0 Å². The van der Waals surface area contributed by atoms with Crippen LogP contribution in [0, 0.1) is 0 Å². The van der Waals surface area contributed by atoms with Gasteiger partial charge in [0.15, 0.2) is 20.0 Å². The number of benzene rings is 1. The predicted molar refractivity (Wildman–Crippen MR) is 135 cm³/mol. The summed E-state index contributed by atoms with van der Waals surface area (Å²) in [5.41, 5.74) is 3.29. The summed E-state index contributed by atoms with van der Waals surface area (Å²) in [4.78, 5) is 5.25. The first kappa shape index (κ1) is 24.4. The molecular weight excluding hydrogens is 476 g/mol. The zero-order valence-corrected chi connectivity index (χ0v) is 21.4. The Labute approximate surface area is 205 Å². The summed E-state index contributed by atoms with van der Waals surface area (Å²) in [6.07, 6.45) is 12.3. The average molecular weight is 507 g/mol. The zero-order valence-electron chi connectivity index (χ0n) is 18.9. The van der Waals surface area contributed by atoms with E-state index in [9.17, 15) is 13.6 Å². The molecule has 1 fully saturated rings. The third-order valence-corrected chi connectivity index (χ3v) is 9.40. The number of hydrogen-bond acceptors (Lipinski definition) is 7. The van der Waals surface area contributed by atoms with Crippen LogP contribution in [-0.2, 0) is 9.84 Å². The van der Waals surface area contributed by atoms with Crippen LogP contribution in [0.5, 0.6) is 0 Å². The maximum atomic E-state index is 11.7. The van der Waals surface area contributed by atoms with Gasteiger partial charge < -0.3 is 4.42 Å². The summed E-state index contributed by atoms with van der Waals surface area (Å²) in [6.45, 7) is 0. The van der Waals surface area contributed by atoms with Crippen molar-refractivity contribution >= 4 is 43.7 Å². The molecule has 0 bridgehead atoms. The molecule has 178 valence electrons. The van der Waals surface area contributed by atoms with Crippen LogP contribution in [0.4, 0.5) is 0 Å². The molecule has 1 N–H and O–H groups in total. The lowest BCUT2D eigenvalue weighted by atomic mass is 9.84. The molecule has 1 aromatic heterocycles. The van der Waals surface area contributed by atoms with Crippen molar-refractivity contribution in [1.29, 1.82) is 0 Å². The van der Waals surface area contributed by atoms with Gasteiger partial charge >= 0.3 is 0 Å². The Morgan fingerprint density at radius 1 is 1.21 bits per heavy atom. The fourth-order valence-electron chi connectivity index (χ4n) is 4.68. The zero-order chi connectivity index (χ0) is 23.6. The topological polar surface area (TPSA) is 83.6 Å². The summed E-state index contributed by atoms with van der Waals surface area (Å²) in [7, 11) is -1.63. The fourth-order valence-corrected chi connectivity index (χ4v) is 6.77. The maximum absolute atomic E-state index is 11.7. The first-order chi connectivity index (χ1) is 15.7. The fraction of sp³-hybridized carbons (Fsp3) is 0.500. The number of allylic oxidation sites excluding steroid dienone is 2. The Morgan fingerprint density at radius 2 is 1.97 bits per heavy atom. The molecule has 0 aliphatic heterocycles. The third kappa shape index (κ3) is 6.07. The third-order valence-electron chi connectivity index (χ3n) is 6.49. The van der Waals surface area contributed by atoms with E-state index in [0.29, 0.717) is 20.4 Å². The van der Waals surface area contributed by atoms with Crippen molar-refractivity contribution in [3.05, 3.63) is 53.8 Å². The van der Waals surface area contributed by atoms with Gasteiger partial charge in [0.25, 0.3) is 0 Å². The Bertz CT molecular complexity index is 1120. The van der Waals surface area contributed by atoms with Crippen LogP contribution in [0.1, 0.15) is 73.9 Å². The van der Waals surface area contributed by atoms with Gasteiger partial charge in [-0.2, -0.15) is 0 Å². The molecule has 1 aromatic carbocycles. The Hall–Kier alpha value is -1.68. The standard InChI is InChI=1S/C24H30N2O4S3/c1-26(27)24(31)32-20-8-4-7-19(14-20)23-25-22(15-30-23)18-6-3-5-17(13-18)16-9-11-21(12-10-16)33(2,28)29/h5,9-12,15,18-20,27H,3-4,6-8,13-14H2,1-2H3. The van der Waals surface area contributed by atoms with Gasteiger partial charge in [0.05, 0.1) is 10.6 Å². The molecule has 2 aromatic rings. The monoisotopic (exact) mass is 506 g/mol. The Balaban J connectivity index is 1.41. The molecule has 2 aliphatic carbocycles. The Morgan fingerprint density at radius 3 is 2.67 bits per heavy atom. The molecule has 0 amide bonds. The largest absolute Gasteiger partial charge is 0.448 e. The highest BCUT2D eigenvalue weighted by Crippen LogP contribution is 2.41. The summed E-state index contributed by atoms with van der Waals surface area (Å²) >= 11 is 6.80. The predicted octanol–water partition coefficient (Wildman–Crippen LogP) is 5.79. The summed E-state index contributed by atoms with van der Waals surface area (Å²) in [6, 6.07) is 7.15. The number of oxazole rings is 1. The number of rotatable bonds is 5. The van der Waals surface area contributed by atoms with Gasteiger partial charge in [0.2, 0.25) is 0 Å². The number of thiocarbonyl (C=S) groups is 1. The smallest absolute Gasteiger partial charge is 0.197 e. The van der Waals surface area contributed by atoms with E-state index >= 15 is 0 Å². The van der Waals surface area contributed by atoms with Crippen molar-refractivity contribution in [2.75, 3.05) is 13.3 Å². The quantitative estimate of drug-likeness (QED) is 0.403. The van der Waals surface area contributed by atoms with Crippen LogP contribution in [0.2, 0.25) is 0 Å². The van der Waals surface area contributed by atoms with Crippen LogP contribution in [0.3, 0.4) is 0 Å². The van der Waals surface area contributed by atoms with Crippen LogP contribution in [0.25, 0.3) is 5.57 Å². The minimum Gasteiger partial charge on any atom is -0.448 e. The van der Waals surface area contributed by atoms with E-state index in [1.807, 2.05) is 18.4 Å². The lowest BCUT2D eigenvalue weighted by molar-refractivity contribution is 0.0204. The minimum atomic E-state index is -3.19. The van der Waals surface area contributed by atoms with Gasteiger partial charge in [-0.3, -0.25) is 5.21 Å². The molecule has 6 nitrogen and oxygen atoms in total. The van der Waals surface area contributed by atoms with E-state index in [1.165, 1.54) is 11.8 Å². The molecule has 33 heavy (non-hydrogen) atoms. The minimum absolute atomic E-state index is 0.277. The second-order valence-electron chi connectivity index (χ2n) is 9.01. The maximum Gasteiger partial charge on any atom is 0.197 e. The second kappa shape index (κ2) is 10.3. The first-order valence-electron chi connectivity index (χ1n) is 11.3. The second-order valence-corrected chi connectivity index (χ2v) is 13.0. The molecular formula is C24H30N2O4S3. The number of hydroxylamine groups is 2. The van der Waals surface area contributed by atoms with Gasteiger partial charge in [-0.25, -0.2) is 18.5 Å². The lowest BCUT2D eigenvalue weighted by Gasteiger charge is -2.27. The normalized spacial score (nSPS) is 23.7. The number of hydrogen-bond donors (Lipinski definition) is 1. The van der Waals surface area contributed by atoms with Crippen LogP contribution >= 0.6 is 24.0 Å². The van der Waals surface area contributed by atoms with E-state index in [-0.39, 0.29) is 5.92 Å². The van der Waals surface area contributed by atoms with Gasteiger partial charge in [0.1, 0.15) is 6.26 Å². The highest BCUT2D eigenvalue weighted by molar-refractivity contribution is 8.23. The molecule has 0 saturated heterocycles. The average Bonchev–Trinajstić information content (AvgIpc) is 3.29. The van der Waals surface area contributed by atoms with E-state index in [4.69, 9.17) is 21.6 Å². The van der Waals surface area contributed by atoms with E-state index < -0.39 is 9.84 Å². The molecule has 2 aliphatic rings.